The van der Waals surface area contributed by atoms with Crippen LogP contribution in [0.15, 0.2) is 30.5 Å². The molecule has 0 radical (unpaired) electrons. The molecule has 1 aromatic heterocycles. The smallest absolute Gasteiger partial charge is 0.347 e. The summed E-state index contributed by atoms with van der Waals surface area (Å²) >= 11 is 5.27. The summed E-state index contributed by atoms with van der Waals surface area (Å²) in [6.45, 7) is 8.26. The quantitative estimate of drug-likeness (QED) is 0.268. The molecule has 0 fully saturated rings. The van der Waals surface area contributed by atoms with E-state index >= 15 is 0 Å². The molecule has 1 aromatic carbocycles. The number of carbonyl (C=O) groups excluding carboxylic acids is 1. The number of nitrogens with one attached hydrogen (secondary N) is 1. The third-order valence-corrected chi connectivity index (χ3v) is 5.13. The van der Waals surface area contributed by atoms with E-state index in [0.717, 1.165) is 23.2 Å². The number of aromatic amines is 1. The van der Waals surface area contributed by atoms with Gasteiger partial charge in [-0.1, -0.05) is 51.7 Å². The molecule has 0 aliphatic rings. The SMILES string of the molecule is CCCCCCC(C)c1[nH]c(=S)ncc1-c1ccc(O[C@H](C)C(=O)OCC)cc1. The summed E-state index contributed by atoms with van der Waals surface area (Å²) in [5, 5.41) is 0. The topological polar surface area (TPSA) is 64.2 Å². The number of nitrogens with zero attached hydrogens (tertiary/aromatic N) is 1. The lowest BCUT2D eigenvalue weighted by Gasteiger charge is -2.17. The molecule has 0 aliphatic heterocycles. The first kappa shape index (κ1) is 23.1. The van der Waals surface area contributed by atoms with Crippen molar-refractivity contribution in [3.8, 4) is 16.9 Å². The fraction of sp³-hybridized carbons (Fsp3) is 0.522. The van der Waals surface area contributed by atoms with Gasteiger partial charge < -0.3 is 14.5 Å². The van der Waals surface area contributed by atoms with Gasteiger partial charge in [0, 0.05) is 17.5 Å². The first-order valence-electron chi connectivity index (χ1n) is 10.5. The molecule has 29 heavy (non-hydrogen) atoms. The molecule has 0 bridgehead atoms. The van der Waals surface area contributed by atoms with Gasteiger partial charge in [0.25, 0.3) is 0 Å². The van der Waals surface area contributed by atoms with E-state index in [1.165, 1.54) is 25.7 Å². The molecule has 1 heterocycles. The predicted octanol–water partition coefficient (Wildman–Crippen LogP) is 6.21. The number of esters is 1. The maximum atomic E-state index is 11.7. The Labute approximate surface area is 178 Å². The van der Waals surface area contributed by atoms with E-state index in [2.05, 4.69) is 23.8 Å². The van der Waals surface area contributed by atoms with Gasteiger partial charge in [-0.2, -0.15) is 0 Å². The number of hydrogen-bond donors (Lipinski definition) is 1. The lowest BCUT2D eigenvalue weighted by atomic mass is 9.93. The average Bonchev–Trinajstić information content (AvgIpc) is 2.72. The average molecular weight is 417 g/mol. The molecule has 2 atom stereocenters. The van der Waals surface area contributed by atoms with E-state index in [1.807, 2.05) is 30.5 Å². The summed E-state index contributed by atoms with van der Waals surface area (Å²) in [6, 6.07) is 7.69. The van der Waals surface area contributed by atoms with Crippen LogP contribution in [0.2, 0.25) is 0 Å². The second kappa shape index (κ2) is 11.7. The van der Waals surface area contributed by atoms with Crippen LogP contribution in [-0.4, -0.2) is 28.6 Å². The van der Waals surface area contributed by atoms with Crippen LogP contribution >= 0.6 is 12.2 Å². The minimum Gasteiger partial charge on any atom is -0.479 e. The standard InChI is InChI=1S/C23H32N2O3S/c1-5-7-8-9-10-16(3)21-20(15-24-23(29)25-21)18-11-13-19(14-12-18)28-17(4)22(26)27-6-2/h11-17H,5-10H2,1-4H3,(H,24,25,29)/t16?,17-/m1/s1. The van der Waals surface area contributed by atoms with Gasteiger partial charge in [0.05, 0.1) is 6.61 Å². The number of aromatic nitrogens is 2. The fourth-order valence-corrected chi connectivity index (χ4v) is 3.44. The molecule has 0 saturated heterocycles. The van der Waals surface area contributed by atoms with Crippen LogP contribution in [0.1, 0.15) is 71.4 Å². The maximum Gasteiger partial charge on any atom is 0.347 e. The van der Waals surface area contributed by atoms with Gasteiger partial charge >= 0.3 is 5.97 Å². The Balaban J connectivity index is 2.15. The number of rotatable bonds is 11. The van der Waals surface area contributed by atoms with E-state index < -0.39 is 6.10 Å². The van der Waals surface area contributed by atoms with E-state index in [-0.39, 0.29) is 5.97 Å². The highest BCUT2D eigenvalue weighted by atomic mass is 32.1. The zero-order valence-corrected chi connectivity index (χ0v) is 18.7. The van der Waals surface area contributed by atoms with Gasteiger partial charge in [0.2, 0.25) is 0 Å². The molecule has 158 valence electrons. The number of benzene rings is 1. The van der Waals surface area contributed by atoms with Crippen molar-refractivity contribution in [1.29, 1.82) is 0 Å². The van der Waals surface area contributed by atoms with E-state index in [0.29, 0.717) is 23.0 Å². The maximum absolute atomic E-state index is 11.7. The molecule has 1 unspecified atom stereocenters. The summed E-state index contributed by atoms with van der Waals surface area (Å²) in [5.41, 5.74) is 3.21. The molecule has 0 amide bonds. The second-order valence-corrected chi connectivity index (χ2v) is 7.69. The monoisotopic (exact) mass is 416 g/mol. The Morgan fingerprint density at radius 2 is 1.86 bits per heavy atom. The molecule has 0 spiro atoms. The van der Waals surface area contributed by atoms with Crippen LogP contribution in [0.4, 0.5) is 0 Å². The molecule has 6 heteroatoms. The third-order valence-electron chi connectivity index (χ3n) is 4.92. The Hall–Kier alpha value is -2.21. The minimum atomic E-state index is -0.644. The van der Waals surface area contributed by atoms with Gasteiger partial charge in [-0.05, 0) is 56.1 Å². The van der Waals surface area contributed by atoms with Gasteiger partial charge in [-0.15, -0.1) is 0 Å². The highest BCUT2D eigenvalue weighted by molar-refractivity contribution is 7.71. The molecular formula is C23H32N2O3S. The summed E-state index contributed by atoms with van der Waals surface area (Å²) in [7, 11) is 0. The second-order valence-electron chi connectivity index (χ2n) is 7.30. The van der Waals surface area contributed by atoms with E-state index in [4.69, 9.17) is 21.7 Å². The highest BCUT2D eigenvalue weighted by Crippen LogP contribution is 2.31. The lowest BCUT2D eigenvalue weighted by molar-refractivity contribution is -0.150. The Bertz CT molecular complexity index is 833. The number of H-pyrrole nitrogens is 1. The zero-order valence-electron chi connectivity index (χ0n) is 17.9. The number of unbranched alkanes of at least 4 members (excludes halogenated alkanes) is 3. The van der Waals surface area contributed by atoms with Crippen LogP contribution in [0.3, 0.4) is 0 Å². The van der Waals surface area contributed by atoms with Crippen molar-refractivity contribution in [3.63, 3.8) is 0 Å². The number of hydrogen-bond acceptors (Lipinski definition) is 5. The summed E-state index contributed by atoms with van der Waals surface area (Å²) in [4.78, 5) is 19.3. The molecule has 0 aliphatic carbocycles. The van der Waals surface area contributed by atoms with Crippen molar-refractivity contribution >= 4 is 18.2 Å². The Kier molecular flexibility index (Phi) is 9.32. The predicted molar refractivity (Wildman–Crippen MR) is 119 cm³/mol. The largest absolute Gasteiger partial charge is 0.479 e. The van der Waals surface area contributed by atoms with Crippen molar-refractivity contribution in [2.75, 3.05) is 6.61 Å². The van der Waals surface area contributed by atoms with Crippen molar-refractivity contribution in [2.24, 2.45) is 0 Å². The molecule has 2 aromatic rings. The number of ether oxygens (including phenoxy) is 2. The van der Waals surface area contributed by atoms with Crippen molar-refractivity contribution in [1.82, 2.24) is 9.97 Å². The first-order chi connectivity index (χ1) is 14.0. The first-order valence-corrected chi connectivity index (χ1v) is 10.9. The Morgan fingerprint density at radius 3 is 2.52 bits per heavy atom. The van der Waals surface area contributed by atoms with Crippen LogP contribution in [0.25, 0.3) is 11.1 Å². The van der Waals surface area contributed by atoms with Crippen LogP contribution in [0, 0.1) is 4.77 Å². The van der Waals surface area contributed by atoms with Crippen molar-refractivity contribution in [2.45, 2.75) is 71.8 Å². The van der Waals surface area contributed by atoms with E-state index in [9.17, 15) is 4.79 Å². The summed E-state index contributed by atoms with van der Waals surface area (Å²) < 4.78 is 11.2. The van der Waals surface area contributed by atoms with Crippen molar-refractivity contribution in [3.05, 3.63) is 40.9 Å². The number of carbonyl (C=O) groups is 1. The minimum absolute atomic E-state index is 0.341. The van der Waals surface area contributed by atoms with Gasteiger partial charge in [0.1, 0.15) is 5.75 Å². The van der Waals surface area contributed by atoms with E-state index in [1.54, 1.807) is 13.8 Å². The summed E-state index contributed by atoms with van der Waals surface area (Å²) in [5.74, 6) is 0.627. The van der Waals surface area contributed by atoms with Gasteiger partial charge in [-0.3, -0.25) is 0 Å². The van der Waals surface area contributed by atoms with Gasteiger partial charge in [0.15, 0.2) is 10.9 Å². The summed E-state index contributed by atoms with van der Waals surface area (Å²) in [6.07, 6.45) is 7.28. The zero-order chi connectivity index (χ0) is 21.2. The molecule has 0 saturated carbocycles. The van der Waals surface area contributed by atoms with Crippen molar-refractivity contribution < 1.29 is 14.3 Å². The normalized spacial score (nSPS) is 13.0. The molecule has 1 N–H and O–H groups in total. The Morgan fingerprint density at radius 1 is 1.14 bits per heavy atom. The lowest BCUT2D eigenvalue weighted by Crippen LogP contribution is -2.25. The van der Waals surface area contributed by atoms with Crippen LogP contribution in [0.5, 0.6) is 5.75 Å². The highest BCUT2D eigenvalue weighted by Gasteiger charge is 2.17. The van der Waals surface area contributed by atoms with Crippen LogP contribution < -0.4 is 4.74 Å². The van der Waals surface area contributed by atoms with Crippen LogP contribution in [-0.2, 0) is 9.53 Å². The molecule has 5 nitrogen and oxygen atoms in total. The van der Waals surface area contributed by atoms with Gasteiger partial charge in [-0.25, -0.2) is 9.78 Å². The molecular weight excluding hydrogens is 384 g/mol. The molecule has 2 rings (SSSR count). The fourth-order valence-electron chi connectivity index (χ4n) is 3.27. The third kappa shape index (κ3) is 6.96.